The van der Waals surface area contributed by atoms with Gasteiger partial charge in [0.05, 0.1) is 0 Å². The maximum absolute atomic E-state index is 6.09. The third-order valence-corrected chi connectivity index (χ3v) is 3.54. The fourth-order valence-corrected chi connectivity index (χ4v) is 2.62. The van der Waals surface area contributed by atoms with Gasteiger partial charge in [0.25, 0.3) is 0 Å². The molecule has 1 nitrogen and oxygen atoms in total. The van der Waals surface area contributed by atoms with Crippen molar-refractivity contribution in [2.24, 2.45) is 0 Å². The van der Waals surface area contributed by atoms with Crippen LogP contribution in [0.3, 0.4) is 0 Å². The van der Waals surface area contributed by atoms with Gasteiger partial charge in [-0.2, -0.15) is 0 Å². The number of aromatic amines is 1. The Bertz CT molecular complexity index is 753. The molecule has 0 aliphatic carbocycles. The van der Waals surface area contributed by atoms with Gasteiger partial charge >= 0.3 is 0 Å². The summed E-state index contributed by atoms with van der Waals surface area (Å²) in [5, 5.41) is 1.99. The van der Waals surface area contributed by atoms with Crippen LogP contribution in [0, 0.1) is 0 Å². The number of benzene rings is 2. The summed E-state index contributed by atoms with van der Waals surface area (Å²) in [5.41, 5.74) is 4.69. The molecule has 19 heavy (non-hydrogen) atoms. The van der Waals surface area contributed by atoms with Crippen molar-refractivity contribution >= 4 is 28.1 Å². The number of para-hydroxylation sites is 1. The number of rotatable bonds is 2. The molecule has 0 aliphatic rings. The van der Waals surface area contributed by atoms with Crippen molar-refractivity contribution in [2.45, 2.75) is 6.92 Å². The van der Waals surface area contributed by atoms with Crippen LogP contribution in [-0.4, -0.2) is 4.98 Å². The van der Waals surface area contributed by atoms with E-state index in [0.29, 0.717) is 0 Å². The highest BCUT2D eigenvalue weighted by atomic mass is 35.5. The summed E-state index contributed by atoms with van der Waals surface area (Å²) in [6.07, 6.45) is 4.18. The molecule has 1 heterocycles. The van der Waals surface area contributed by atoms with E-state index in [0.717, 1.165) is 16.1 Å². The molecular formula is C17H14ClN. The predicted octanol–water partition coefficient (Wildman–Crippen LogP) is 5.27. The molecule has 3 aromatic rings. The Balaban J connectivity index is 2.18. The molecule has 0 radical (unpaired) electrons. The molecule has 0 amide bonds. The van der Waals surface area contributed by atoms with E-state index in [-0.39, 0.29) is 0 Å². The van der Waals surface area contributed by atoms with Gasteiger partial charge in [0.1, 0.15) is 0 Å². The van der Waals surface area contributed by atoms with Crippen LogP contribution in [0.25, 0.3) is 16.5 Å². The minimum absolute atomic E-state index is 0.761. The molecule has 1 N–H and O–H groups in total. The van der Waals surface area contributed by atoms with Crippen LogP contribution in [0.15, 0.2) is 60.8 Å². The highest BCUT2D eigenvalue weighted by molar-refractivity contribution is 6.30. The largest absolute Gasteiger partial charge is 0.361 e. The first-order valence-corrected chi connectivity index (χ1v) is 6.66. The van der Waals surface area contributed by atoms with Crippen LogP contribution in [0.5, 0.6) is 0 Å². The van der Waals surface area contributed by atoms with Crippen molar-refractivity contribution < 1.29 is 0 Å². The molecule has 0 bridgehead atoms. The Morgan fingerprint density at radius 3 is 2.74 bits per heavy atom. The van der Waals surface area contributed by atoms with Crippen LogP contribution in [0.2, 0.25) is 5.02 Å². The molecule has 2 aromatic carbocycles. The average molecular weight is 268 g/mol. The summed E-state index contributed by atoms with van der Waals surface area (Å²) in [5.74, 6) is 0. The summed E-state index contributed by atoms with van der Waals surface area (Å²) in [6.45, 7) is 2.05. The van der Waals surface area contributed by atoms with Gasteiger partial charge in [-0.25, -0.2) is 0 Å². The van der Waals surface area contributed by atoms with Crippen molar-refractivity contribution in [3.05, 3.63) is 77.0 Å². The van der Waals surface area contributed by atoms with E-state index in [9.17, 15) is 0 Å². The third-order valence-electron chi connectivity index (χ3n) is 3.30. The number of nitrogens with one attached hydrogen (secondary N) is 1. The third kappa shape index (κ3) is 2.18. The number of fused-ring (bicyclic) bond motifs is 1. The monoisotopic (exact) mass is 267 g/mol. The zero-order chi connectivity index (χ0) is 13.2. The Labute approximate surface area is 117 Å². The number of aromatic nitrogens is 1. The van der Waals surface area contributed by atoms with Crippen LogP contribution < -0.4 is 0 Å². The maximum atomic E-state index is 6.09. The van der Waals surface area contributed by atoms with Crippen molar-refractivity contribution in [3.8, 4) is 0 Å². The highest BCUT2D eigenvalue weighted by Crippen LogP contribution is 2.30. The maximum Gasteiger partial charge on any atom is 0.0460 e. The Hall–Kier alpha value is -1.99. The van der Waals surface area contributed by atoms with Crippen LogP contribution in [0.4, 0.5) is 0 Å². The van der Waals surface area contributed by atoms with Crippen molar-refractivity contribution in [1.29, 1.82) is 0 Å². The van der Waals surface area contributed by atoms with Gasteiger partial charge in [-0.05, 0) is 36.3 Å². The second-order valence-electron chi connectivity index (χ2n) is 4.46. The summed E-state index contributed by atoms with van der Waals surface area (Å²) in [4.78, 5) is 3.31. The normalized spacial score (nSPS) is 12.0. The highest BCUT2D eigenvalue weighted by Gasteiger charge is 2.09. The van der Waals surface area contributed by atoms with Gasteiger partial charge in [-0.1, -0.05) is 48.0 Å². The minimum atomic E-state index is 0.761. The van der Waals surface area contributed by atoms with Crippen LogP contribution in [0.1, 0.15) is 18.1 Å². The lowest BCUT2D eigenvalue weighted by Crippen LogP contribution is -1.86. The first-order chi connectivity index (χ1) is 9.29. The predicted molar refractivity (Wildman–Crippen MR) is 82.5 cm³/mol. The Morgan fingerprint density at radius 1 is 1.11 bits per heavy atom. The SMILES string of the molecule is C/C=C(/c1cccc(Cl)c1)c1c[nH]c2ccccc12. The van der Waals surface area contributed by atoms with Gasteiger partial charge in [-0.15, -0.1) is 0 Å². The smallest absolute Gasteiger partial charge is 0.0460 e. The lowest BCUT2D eigenvalue weighted by Gasteiger charge is -2.07. The number of halogens is 1. The fraction of sp³-hybridized carbons (Fsp3) is 0.0588. The Morgan fingerprint density at radius 2 is 1.95 bits per heavy atom. The molecule has 0 aliphatic heterocycles. The van der Waals surface area contributed by atoms with Crippen LogP contribution in [-0.2, 0) is 0 Å². The lowest BCUT2D eigenvalue weighted by atomic mass is 9.97. The topological polar surface area (TPSA) is 15.8 Å². The minimum Gasteiger partial charge on any atom is -0.361 e. The summed E-state index contributed by atoms with van der Waals surface area (Å²) in [7, 11) is 0. The van der Waals surface area contributed by atoms with E-state index in [1.807, 2.05) is 24.3 Å². The zero-order valence-corrected chi connectivity index (χ0v) is 11.4. The molecule has 3 rings (SSSR count). The molecule has 0 unspecified atom stereocenters. The molecule has 0 atom stereocenters. The quantitative estimate of drug-likeness (QED) is 0.651. The molecule has 0 saturated carbocycles. The van der Waals surface area contributed by atoms with E-state index in [4.69, 9.17) is 11.6 Å². The average Bonchev–Trinajstić information content (AvgIpc) is 2.84. The molecule has 0 spiro atoms. The lowest BCUT2D eigenvalue weighted by molar-refractivity contribution is 1.45. The molecule has 0 saturated heterocycles. The second kappa shape index (κ2) is 4.94. The van der Waals surface area contributed by atoms with Gasteiger partial charge < -0.3 is 4.98 Å². The molecule has 0 fully saturated rings. The van der Waals surface area contributed by atoms with Crippen LogP contribution >= 0.6 is 11.6 Å². The van der Waals surface area contributed by atoms with Gasteiger partial charge in [0.2, 0.25) is 0 Å². The van der Waals surface area contributed by atoms with E-state index >= 15 is 0 Å². The van der Waals surface area contributed by atoms with Crippen molar-refractivity contribution in [3.63, 3.8) is 0 Å². The molecule has 1 aromatic heterocycles. The number of allylic oxidation sites excluding steroid dienone is 1. The standard InChI is InChI=1S/C17H14ClN/c1-2-14(12-6-5-7-13(18)10-12)16-11-19-17-9-4-3-8-15(16)17/h2-11,19H,1H3/b14-2-. The van der Waals surface area contributed by atoms with E-state index in [2.05, 4.69) is 48.4 Å². The first kappa shape index (κ1) is 12.1. The van der Waals surface area contributed by atoms with Gasteiger partial charge in [0.15, 0.2) is 0 Å². The second-order valence-corrected chi connectivity index (χ2v) is 4.90. The Kier molecular flexibility index (Phi) is 3.14. The zero-order valence-electron chi connectivity index (χ0n) is 10.7. The van der Waals surface area contributed by atoms with E-state index in [1.54, 1.807) is 0 Å². The van der Waals surface area contributed by atoms with Gasteiger partial charge in [0, 0.05) is 27.7 Å². The summed E-state index contributed by atoms with van der Waals surface area (Å²) >= 11 is 6.09. The summed E-state index contributed by atoms with van der Waals surface area (Å²) < 4.78 is 0. The first-order valence-electron chi connectivity index (χ1n) is 6.28. The van der Waals surface area contributed by atoms with E-state index in [1.165, 1.54) is 16.5 Å². The molecule has 94 valence electrons. The van der Waals surface area contributed by atoms with Crippen molar-refractivity contribution in [1.82, 2.24) is 4.98 Å². The molecular weight excluding hydrogens is 254 g/mol. The number of H-pyrrole nitrogens is 1. The number of hydrogen-bond donors (Lipinski definition) is 1. The van der Waals surface area contributed by atoms with Crippen molar-refractivity contribution in [2.75, 3.05) is 0 Å². The number of hydrogen-bond acceptors (Lipinski definition) is 0. The fourth-order valence-electron chi connectivity index (χ4n) is 2.43. The van der Waals surface area contributed by atoms with E-state index < -0.39 is 0 Å². The molecule has 2 heteroatoms. The van der Waals surface area contributed by atoms with Gasteiger partial charge in [-0.3, -0.25) is 0 Å². The summed E-state index contributed by atoms with van der Waals surface area (Å²) in [6, 6.07) is 16.3.